The Morgan fingerprint density at radius 3 is 1.85 bits per heavy atom. The van der Waals surface area contributed by atoms with Crippen molar-refractivity contribution in [3.63, 3.8) is 0 Å². The van der Waals surface area contributed by atoms with Gasteiger partial charge in [-0.25, -0.2) is 26.3 Å². The van der Waals surface area contributed by atoms with Crippen LogP contribution in [0.2, 0.25) is 0 Å². The lowest BCUT2D eigenvalue weighted by molar-refractivity contribution is 0.487. The average molecular weight is 737 g/mol. The number of anilines is 6. The van der Waals surface area contributed by atoms with Crippen molar-refractivity contribution < 1.29 is 31.1 Å². The van der Waals surface area contributed by atoms with Crippen LogP contribution in [0.15, 0.2) is 127 Å². The highest BCUT2D eigenvalue weighted by atomic mass is 19.2. The smallest absolute Gasteiger partial charge is 0.256 e. The number of halogens is 6. The molecule has 0 spiro atoms. The van der Waals surface area contributed by atoms with Gasteiger partial charge in [-0.1, -0.05) is 62.4 Å². The Labute approximate surface area is 312 Å². The van der Waals surface area contributed by atoms with Gasteiger partial charge in [-0.2, -0.15) is 0 Å². The summed E-state index contributed by atoms with van der Waals surface area (Å²) in [4.78, 5) is 2.75. The van der Waals surface area contributed by atoms with E-state index in [9.17, 15) is 4.39 Å². The van der Waals surface area contributed by atoms with Gasteiger partial charge in [0.2, 0.25) is 0 Å². The first-order chi connectivity index (χ1) is 26.5. The van der Waals surface area contributed by atoms with Crippen molar-refractivity contribution in [2.24, 2.45) is 0 Å². The van der Waals surface area contributed by atoms with Crippen molar-refractivity contribution in [1.82, 2.24) is 0 Å². The number of para-hydroxylation sites is 3. The molecule has 10 heteroatoms. The van der Waals surface area contributed by atoms with E-state index in [0.717, 1.165) is 79.6 Å². The van der Waals surface area contributed by atoms with Crippen LogP contribution in [-0.2, 0) is 5.41 Å². The highest BCUT2D eigenvalue weighted by Crippen LogP contribution is 2.53. The molecule has 0 unspecified atom stereocenters. The molecule has 7 aromatic rings. The Bertz CT molecular complexity index is 2700. The Morgan fingerprint density at radius 2 is 1.16 bits per heavy atom. The Balaban J connectivity index is 1.14. The molecule has 10 rings (SSSR count). The topological polar surface area (TPSA) is 15.7 Å². The van der Waals surface area contributed by atoms with Crippen LogP contribution in [0.3, 0.4) is 0 Å². The van der Waals surface area contributed by atoms with Gasteiger partial charge >= 0.3 is 0 Å². The summed E-state index contributed by atoms with van der Waals surface area (Å²) in [5, 5.41) is 0. The average Bonchev–Trinajstić information content (AvgIpc) is 3.38. The Hall–Kier alpha value is -6.42. The first kappa shape index (κ1) is 33.2. The number of rotatable bonds is 4. The van der Waals surface area contributed by atoms with Crippen LogP contribution in [0.1, 0.15) is 25.0 Å². The summed E-state index contributed by atoms with van der Waals surface area (Å²) in [5.41, 5.74) is 5.96. The molecule has 0 atom stereocenters. The van der Waals surface area contributed by atoms with Crippen LogP contribution in [0, 0.1) is 34.9 Å². The van der Waals surface area contributed by atoms with Crippen molar-refractivity contribution >= 4 is 57.2 Å². The monoisotopic (exact) mass is 736 g/mol. The summed E-state index contributed by atoms with van der Waals surface area (Å²) in [5.74, 6) is -4.08. The van der Waals surface area contributed by atoms with Crippen molar-refractivity contribution in [1.29, 1.82) is 0 Å². The van der Waals surface area contributed by atoms with Gasteiger partial charge < -0.3 is 9.64 Å². The number of nitrogens with zero attached hydrogens (tertiary/aromatic N) is 2. The van der Waals surface area contributed by atoms with Crippen molar-refractivity contribution in [2.75, 3.05) is 9.80 Å². The molecule has 3 aliphatic rings. The zero-order valence-corrected chi connectivity index (χ0v) is 29.3. The summed E-state index contributed by atoms with van der Waals surface area (Å²) in [6, 6.07) is 32.7. The number of benzene rings is 7. The summed E-state index contributed by atoms with van der Waals surface area (Å²) in [6.07, 6.45) is 0. The second-order valence-electron chi connectivity index (χ2n) is 14.5. The van der Waals surface area contributed by atoms with Crippen LogP contribution in [0.5, 0.6) is 11.5 Å². The molecular formula is C45H27BF6N2O. The van der Waals surface area contributed by atoms with Gasteiger partial charge in [-0.05, 0) is 111 Å². The molecule has 0 N–H and O–H groups in total. The number of hydrogen-bond acceptors (Lipinski definition) is 3. The van der Waals surface area contributed by atoms with Crippen LogP contribution in [0.4, 0.5) is 60.5 Å². The normalized spacial score (nSPS) is 14.0. The van der Waals surface area contributed by atoms with Gasteiger partial charge in [0.1, 0.15) is 57.8 Å². The third-order valence-corrected chi connectivity index (χ3v) is 11.1. The second-order valence-corrected chi connectivity index (χ2v) is 14.5. The van der Waals surface area contributed by atoms with E-state index in [1.807, 2.05) is 62.4 Å². The summed E-state index contributed by atoms with van der Waals surface area (Å²) in [6.45, 7) is 3.75. The van der Waals surface area contributed by atoms with E-state index >= 15 is 22.0 Å². The molecule has 1 aliphatic carbocycles. The highest BCUT2D eigenvalue weighted by molar-refractivity contribution is 6.99. The zero-order valence-electron chi connectivity index (χ0n) is 29.3. The molecule has 7 aromatic carbocycles. The summed E-state index contributed by atoms with van der Waals surface area (Å²) in [7, 11) is 0. The minimum atomic E-state index is -0.983. The van der Waals surface area contributed by atoms with Gasteiger partial charge in [-0.15, -0.1) is 0 Å². The largest absolute Gasteiger partial charge is 0.458 e. The van der Waals surface area contributed by atoms with Crippen LogP contribution in [-0.4, -0.2) is 6.71 Å². The fraction of sp³-hybridized carbons (Fsp3) is 0.0667. The van der Waals surface area contributed by atoms with Crippen LogP contribution >= 0.6 is 0 Å². The first-order valence-corrected chi connectivity index (χ1v) is 17.7. The predicted molar refractivity (Wildman–Crippen MR) is 204 cm³/mol. The second kappa shape index (κ2) is 11.8. The van der Waals surface area contributed by atoms with Gasteiger partial charge in [0.05, 0.1) is 5.69 Å². The predicted octanol–water partition coefficient (Wildman–Crippen LogP) is 10.7. The van der Waals surface area contributed by atoms with E-state index in [-0.39, 0.29) is 18.1 Å². The van der Waals surface area contributed by atoms with E-state index in [0.29, 0.717) is 17.2 Å². The molecule has 55 heavy (non-hydrogen) atoms. The molecule has 0 saturated heterocycles. The Kier molecular flexibility index (Phi) is 7.11. The van der Waals surface area contributed by atoms with Crippen LogP contribution in [0.25, 0.3) is 11.1 Å². The van der Waals surface area contributed by atoms with Gasteiger partial charge in [0.15, 0.2) is 0 Å². The fourth-order valence-electron chi connectivity index (χ4n) is 8.68. The number of ether oxygens (including phenoxy) is 1. The highest BCUT2D eigenvalue weighted by Gasteiger charge is 2.45. The standard InChI is InChI=1S/C45H27BF6N2O/c1-45(2)28-21-25(53(43-32(48)9-5-10-33(43)49)44-34(50)11-6-12-35(44)51)17-18-26(28)27-22-41-31(23-29(27)45)46-30-8-3-4-13-37(30)54(38-19-16-24(47)20-36(38)52)39-14-7-15-40(55-41)42(39)46/h3-23H,1-2H3. The lowest BCUT2D eigenvalue weighted by Crippen LogP contribution is -2.59. The van der Waals surface area contributed by atoms with Gasteiger partial charge in [-0.3, -0.25) is 4.90 Å². The van der Waals surface area contributed by atoms with Gasteiger partial charge in [0, 0.05) is 28.5 Å². The van der Waals surface area contributed by atoms with E-state index in [2.05, 4.69) is 6.07 Å². The molecule has 0 bridgehead atoms. The summed E-state index contributed by atoms with van der Waals surface area (Å²) >= 11 is 0. The maximum Gasteiger partial charge on any atom is 0.256 e. The fourth-order valence-corrected chi connectivity index (χ4v) is 8.68. The zero-order chi connectivity index (χ0) is 37.9. The van der Waals surface area contributed by atoms with Crippen LogP contribution < -0.4 is 30.9 Å². The molecular weight excluding hydrogens is 709 g/mol. The van der Waals surface area contributed by atoms with E-state index in [1.165, 1.54) is 24.3 Å². The minimum Gasteiger partial charge on any atom is -0.458 e. The van der Waals surface area contributed by atoms with Crippen molar-refractivity contribution in [2.45, 2.75) is 19.3 Å². The van der Waals surface area contributed by atoms with E-state index < -0.39 is 51.7 Å². The maximum absolute atomic E-state index is 15.5. The van der Waals surface area contributed by atoms with Crippen molar-refractivity contribution in [3.8, 4) is 22.6 Å². The molecule has 3 nitrogen and oxygen atoms in total. The minimum absolute atomic E-state index is 0.167. The molecule has 0 aromatic heterocycles. The number of hydrogen-bond donors (Lipinski definition) is 0. The van der Waals surface area contributed by atoms with Crippen molar-refractivity contribution in [3.05, 3.63) is 173 Å². The molecule has 2 aliphatic heterocycles. The third-order valence-electron chi connectivity index (χ3n) is 11.1. The lowest BCUT2D eigenvalue weighted by Gasteiger charge is -2.40. The molecule has 0 radical (unpaired) electrons. The Morgan fingerprint density at radius 1 is 0.527 bits per heavy atom. The van der Waals surface area contributed by atoms with Gasteiger partial charge in [0.25, 0.3) is 6.71 Å². The summed E-state index contributed by atoms with van der Waals surface area (Å²) < 4.78 is 98.0. The SMILES string of the molecule is CC1(C)c2cc(N(c3c(F)cccc3F)c3c(F)cccc3F)ccc2-c2cc3c(cc21)B1c2ccccc2N(c2ccc(F)cc2F)c2cccc(c21)O3. The first-order valence-electron chi connectivity index (χ1n) is 17.7. The molecule has 2 heterocycles. The maximum atomic E-state index is 15.5. The molecule has 0 amide bonds. The van der Waals surface area contributed by atoms with E-state index in [4.69, 9.17) is 4.74 Å². The molecule has 0 saturated carbocycles. The molecule has 0 fully saturated rings. The quantitative estimate of drug-likeness (QED) is 0.132. The molecule has 268 valence electrons. The lowest BCUT2D eigenvalue weighted by atomic mass is 9.34. The number of fused-ring (bicyclic) bond motifs is 7. The van der Waals surface area contributed by atoms with E-state index in [1.54, 1.807) is 23.1 Å². The third kappa shape index (κ3) is 4.73.